The second-order valence-corrected chi connectivity index (χ2v) is 7.52. The average Bonchev–Trinajstić information content (AvgIpc) is 2.37. The fourth-order valence-electron chi connectivity index (χ4n) is 2.36. The molecular formula is C16H29F3O3S. The van der Waals surface area contributed by atoms with Crippen LogP contribution in [0.2, 0.25) is 0 Å². The first kappa shape index (κ1) is 22.4. The van der Waals surface area contributed by atoms with E-state index >= 15 is 0 Å². The van der Waals surface area contributed by atoms with Gasteiger partial charge in [0.15, 0.2) is 0 Å². The van der Waals surface area contributed by atoms with Gasteiger partial charge in [-0.3, -0.25) is 4.18 Å². The summed E-state index contributed by atoms with van der Waals surface area (Å²) in [6.07, 6.45) is 3.91. The zero-order valence-electron chi connectivity index (χ0n) is 14.3. The lowest BCUT2D eigenvalue weighted by Crippen LogP contribution is -2.17. The monoisotopic (exact) mass is 358 g/mol. The van der Waals surface area contributed by atoms with Crippen LogP contribution in [0, 0.1) is 0 Å². The van der Waals surface area contributed by atoms with E-state index in [9.17, 15) is 21.6 Å². The Morgan fingerprint density at radius 3 is 1.96 bits per heavy atom. The van der Waals surface area contributed by atoms with Crippen molar-refractivity contribution < 1.29 is 25.8 Å². The van der Waals surface area contributed by atoms with Crippen LogP contribution in [-0.4, -0.2) is 27.0 Å². The third kappa shape index (κ3) is 13.6. The highest BCUT2D eigenvalue weighted by Crippen LogP contribution is 2.30. The van der Waals surface area contributed by atoms with Crippen molar-refractivity contribution in [2.75, 3.05) is 6.26 Å². The molecule has 0 aromatic heterocycles. The molecule has 0 rings (SSSR count). The smallest absolute Gasteiger partial charge is 0.263 e. The number of allylic oxidation sites excluding steroid dienone is 1. The Labute approximate surface area is 138 Å². The van der Waals surface area contributed by atoms with Crippen LogP contribution >= 0.6 is 0 Å². The quantitative estimate of drug-likeness (QED) is 0.268. The lowest BCUT2D eigenvalue weighted by Gasteiger charge is -2.14. The number of hydrogen-bond acceptors (Lipinski definition) is 3. The van der Waals surface area contributed by atoms with E-state index < -0.39 is 28.0 Å². The Morgan fingerprint density at radius 1 is 1.04 bits per heavy atom. The van der Waals surface area contributed by atoms with Crippen molar-refractivity contribution in [3.05, 3.63) is 11.6 Å². The van der Waals surface area contributed by atoms with E-state index in [1.54, 1.807) is 0 Å². The summed E-state index contributed by atoms with van der Waals surface area (Å²) in [5, 5.41) is 0. The second-order valence-electron chi connectivity index (χ2n) is 5.92. The van der Waals surface area contributed by atoms with Gasteiger partial charge in [-0.15, -0.1) is 0 Å². The van der Waals surface area contributed by atoms with Crippen LogP contribution in [-0.2, 0) is 14.3 Å². The average molecular weight is 358 g/mol. The molecule has 0 bridgehead atoms. The van der Waals surface area contributed by atoms with Crippen molar-refractivity contribution >= 4 is 10.1 Å². The maximum absolute atomic E-state index is 13.0. The van der Waals surface area contributed by atoms with Gasteiger partial charge >= 0.3 is 6.18 Å². The van der Waals surface area contributed by atoms with Crippen LogP contribution < -0.4 is 0 Å². The van der Waals surface area contributed by atoms with Crippen LogP contribution in [0.1, 0.15) is 71.6 Å². The fraction of sp³-hybridized carbons (Fsp3) is 0.875. The molecule has 1 atom stereocenters. The minimum Gasteiger partial charge on any atom is -0.263 e. The Morgan fingerprint density at radius 2 is 1.52 bits per heavy atom. The van der Waals surface area contributed by atoms with Crippen molar-refractivity contribution in [2.45, 2.75) is 83.9 Å². The summed E-state index contributed by atoms with van der Waals surface area (Å²) in [6, 6.07) is 0. The summed E-state index contributed by atoms with van der Waals surface area (Å²) < 4.78 is 65.3. The predicted octanol–water partition coefficient (Wildman–Crippen LogP) is 5.37. The molecule has 0 heterocycles. The Hall–Kier alpha value is -0.560. The molecule has 0 amide bonds. The van der Waals surface area contributed by atoms with Crippen molar-refractivity contribution in [2.24, 2.45) is 0 Å². The first-order chi connectivity index (χ1) is 10.6. The van der Waals surface area contributed by atoms with Gasteiger partial charge in [0.2, 0.25) is 0 Å². The molecule has 0 fully saturated rings. The number of unbranched alkanes of at least 4 members (excludes halogenated alkanes) is 7. The molecule has 0 saturated carbocycles. The molecule has 0 aliphatic heterocycles. The summed E-state index contributed by atoms with van der Waals surface area (Å²) in [7, 11) is -3.77. The van der Waals surface area contributed by atoms with Gasteiger partial charge in [-0.25, -0.2) is 0 Å². The normalized spacial score (nSPS) is 15.0. The second kappa shape index (κ2) is 11.1. The Balaban J connectivity index is 4.27. The number of rotatable bonds is 12. The molecule has 0 spiro atoms. The van der Waals surface area contributed by atoms with E-state index in [-0.39, 0.29) is 6.42 Å². The molecule has 1 unspecified atom stereocenters. The van der Waals surface area contributed by atoms with Gasteiger partial charge in [-0.1, -0.05) is 51.9 Å². The van der Waals surface area contributed by atoms with Gasteiger partial charge in [-0.2, -0.15) is 21.6 Å². The van der Waals surface area contributed by atoms with Crippen LogP contribution in [0.5, 0.6) is 0 Å². The number of alkyl halides is 3. The predicted molar refractivity (Wildman–Crippen MR) is 86.8 cm³/mol. The zero-order valence-corrected chi connectivity index (χ0v) is 15.1. The van der Waals surface area contributed by atoms with Gasteiger partial charge < -0.3 is 0 Å². The lowest BCUT2D eigenvalue weighted by atomic mass is 10.0. The van der Waals surface area contributed by atoms with Crippen molar-refractivity contribution in [1.29, 1.82) is 0 Å². The molecule has 0 radical (unpaired) electrons. The number of hydrogen-bond donors (Lipinski definition) is 0. The Kier molecular flexibility index (Phi) is 10.8. The third-order valence-corrected chi connectivity index (χ3v) is 4.08. The van der Waals surface area contributed by atoms with Crippen LogP contribution in [0.15, 0.2) is 11.6 Å². The first-order valence-corrected chi connectivity index (χ1v) is 10.0. The molecule has 23 heavy (non-hydrogen) atoms. The third-order valence-electron chi connectivity index (χ3n) is 3.43. The highest BCUT2D eigenvalue weighted by molar-refractivity contribution is 7.86. The molecule has 3 nitrogen and oxygen atoms in total. The maximum Gasteiger partial charge on any atom is 0.412 e. The fourth-order valence-corrected chi connectivity index (χ4v) is 2.96. The summed E-state index contributed by atoms with van der Waals surface area (Å²) in [5.41, 5.74) is -0.709. The van der Waals surface area contributed by atoms with E-state index in [0.717, 1.165) is 38.0 Å². The minimum absolute atomic E-state index is 0.101. The molecule has 138 valence electrons. The van der Waals surface area contributed by atoms with Crippen molar-refractivity contribution in [3.8, 4) is 0 Å². The summed E-state index contributed by atoms with van der Waals surface area (Å²) in [4.78, 5) is 0. The van der Waals surface area contributed by atoms with Crippen LogP contribution in [0.4, 0.5) is 13.2 Å². The van der Waals surface area contributed by atoms with E-state index in [0.29, 0.717) is 6.42 Å². The molecule has 0 saturated heterocycles. The molecule has 0 aromatic carbocycles. The SMILES string of the molecule is CCCCCCCCCC/C(=C\C(C)OS(C)(=O)=O)C(F)(F)F. The lowest BCUT2D eigenvalue weighted by molar-refractivity contribution is -0.0949. The summed E-state index contributed by atoms with van der Waals surface area (Å²) in [5.74, 6) is 0. The van der Waals surface area contributed by atoms with Gasteiger partial charge in [-0.05, 0) is 25.8 Å². The van der Waals surface area contributed by atoms with Crippen molar-refractivity contribution in [3.63, 3.8) is 0 Å². The van der Waals surface area contributed by atoms with E-state index in [2.05, 4.69) is 11.1 Å². The van der Waals surface area contributed by atoms with Crippen molar-refractivity contribution in [1.82, 2.24) is 0 Å². The summed E-state index contributed by atoms with van der Waals surface area (Å²) in [6.45, 7) is 3.43. The topological polar surface area (TPSA) is 43.4 Å². The van der Waals surface area contributed by atoms with Gasteiger partial charge in [0.25, 0.3) is 10.1 Å². The first-order valence-electron chi connectivity index (χ1n) is 8.22. The van der Waals surface area contributed by atoms with Crippen LogP contribution in [0.25, 0.3) is 0 Å². The molecule has 0 aromatic rings. The number of halogens is 3. The van der Waals surface area contributed by atoms with Gasteiger partial charge in [0, 0.05) is 5.57 Å². The Bertz CT molecular complexity index is 442. The minimum atomic E-state index is -4.45. The van der Waals surface area contributed by atoms with E-state index in [4.69, 9.17) is 0 Å². The highest BCUT2D eigenvalue weighted by Gasteiger charge is 2.33. The molecule has 0 aliphatic carbocycles. The highest BCUT2D eigenvalue weighted by atomic mass is 32.2. The van der Waals surface area contributed by atoms with E-state index in [1.165, 1.54) is 26.2 Å². The molecule has 0 aliphatic rings. The molecular weight excluding hydrogens is 329 g/mol. The maximum atomic E-state index is 13.0. The van der Waals surface area contributed by atoms with Crippen LogP contribution in [0.3, 0.4) is 0 Å². The van der Waals surface area contributed by atoms with Gasteiger partial charge in [0.1, 0.15) is 0 Å². The van der Waals surface area contributed by atoms with E-state index in [1.807, 2.05) is 0 Å². The zero-order chi connectivity index (χ0) is 17.9. The standard InChI is InChI=1S/C16H29F3O3S/c1-4-5-6-7-8-9-10-11-12-15(16(17,18)19)13-14(2)22-23(3,20)21/h13-14H,4-12H2,1-3H3/b15-13+. The van der Waals surface area contributed by atoms with Gasteiger partial charge in [0.05, 0.1) is 12.4 Å². The molecule has 7 heteroatoms. The summed E-state index contributed by atoms with van der Waals surface area (Å²) >= 11 is 0. The molecule has 0 N–H and O–H groups in total. The largest absolute Gasteiger partial charge is 0.412 e.